The minimum atomic E-state index is -0.449. The van der Waals surface area contributed by atoms with E-state index >= 15 is 0 Å². The zero-order valence-corrected chi connectivity index (χ0v) is 14.5. The highest BCUT2D eigenvalue weighted by Gasteiger charge is 2.24. The summed E-state index contributed by atoms with van der Waals surface area (Å²) in [5.74, 6) is 1.52. The fourth-order valence-corrected chi connectivity index (χ4v) is 3.51. The molecule has 1 unspecified atom stereocenters. The van der Waals surface area contributed by atoms with E-state index < -0.39 is 5.91 Å². The number of amides is 1. The van der Waals surface area contributed by atoms with Gasteiger partial charge < -0.3 is 20.3 Å². The lowest BCUT2D eigenvalue weighted by atomic mass is 10.0. The van der Waals surface area contributed by atoms with Crippen molar-refractivity contribution in [1.29, 1.82) is 0 Å². The molecule has 8 heteroatoms. The summed E-state index contributed by atoms with van der Waals surface area (Å²) in [6.07, 6.45) is 4.34. The van der Waals surface area contributed by atoms with Crippen molar-refractivity contribution in [3.63, 3.8) is 0 Å². The van der Waals surface area contributed by atoms with Crippen molar-refractivity contribution in [3.8, 4) is 0 Å². The largest absolute Gasteiger partial charge is 0.381 e. The lowest BCUT2D eigenvalue weighted by Gasteiger charge is -2.36. The van der Waals surface area contributed by atoms with Gasteiger partial charge >= 0.3 is 0 Å². The lowest BCUT2D eigenvalue weighted by Crippen LogP contribution is -2.47. The Morgan fingerprint density at radius 3 is 2.69 bits per heavy atom. The number of hydrogen-bond acceptors (Lipinski definition) is 7. The fraction of sp³-hybridized carbons (Fsp3) is 0.444. The van der Waals surface area contributed by atoms with Gasteiger partial charge in [-0.05, 0) is 18.6 Å². The van der Waals surface area contributed by atoms with Gasteiger partial charge in [-0.3, -0.25) is 4.79 Å². The Morgan fingerprint density at radius 2 is 1.96 bits per heavy atom. The van der Waals surface area contributed by atoms with Crippen LogP contribution >= 0.6 is 0 Å². The van der Waals surface area contributed by atoms with Crippen molar-refractivity contribution >= 4 is 17.5 Å². The van der Waals surface area contributed by atoms with Crippen molar-refractivity contribution < 1.29 is 9.53 Å². The average molecular weight is 354 g/mol. The molecule has 0 aromatic carbocycles. The quantitative estimate of drug-likeness (QED) is 0.867. The lowest BCUT2D eigenvalue weighted by molar-refractivity contribution is 0.100. The third-order valence-electron chi connectivity index (χ3n) is 4.98. The second kappa shape index (κ2) is 7.25. The summed E-state index contributed by atoms with van der Waals surface area (Å²) in [6.45, 7) is 4.64. The number of carbonyl (C=O) groups excluding carboxylic acids is 1. The normalized spacial score (nSPS) is 20.4. The summed E-state index contributed by atoms with van der Waals surface area (Å²) in [5, 5.41) is 0. The number of hydrogen-bond donors (Lipinski definition) is 1. The second-order valence-corrected chi connectivity index (χ2v) is 6.57. The van der Waals surface area contributed by atoms with E-state index in [4.69, 9.17) is 10.5 Å². The van der Waals surface area contributed by atoms with Crippen LogP contribution < -0.4 is 15.5 Å². The molecule has 2 fully saturated rings. The number of aromatic nitrogens is 3. The van der Waals surface area contributed by atoms with Gasteiger partial charge in [0.25, 0.3) is 5.91 Å². The van der Waals surface area contributed by atoms with Crippen molar-refractivity contribution in [1.82, 2.24) is 15.0 Å². The molecule has 2 aromatic rings. The molecule has 8 nitrogen and oxygen atoms in total. The predicted molar refractivity (Wildman–Crippen MR) is 97.4 cm³/mol. The number of piperazine rings is 1. The van der Waals surface area contributed by atoms with E-state index in [1.165, 1.54) is 0 Å². The highest BCUT2D eigenvalue weighted by atomic mass is 16.5. The third kappa shape index (κ3) is 3.32. The Bertz CT molecular complexity index is 785. The first-order valence-corrected chi connectivity index (χ1v) is 8.87. The van der Waals surface area contributed by atoms with Gasteiger partial charge in [0, 0.05) is 51.0 Å². The number of anilines is 2. The van der Waals surface area contributed by atoms with Crippen LogP contribution in [0.3, 0.4) is 0 Å². The van der Waals surface area contributed by atoms with Gasteiger partial charge in [-0.1, -0.05) is 0 Å². The van der Waals surface area contributed by atoms with E-state index in [2.05, 4.69) is 30.8 Å². The first kappa shape index (κ1) is 16.7. The number of pyridine rings is 1. The molecule has 1 amide bonds. The smallest absolute Gasteiger partial charge is 0.252 e. The molecule has 0 aliphatic carbocycles. The minimum Gasteiger partial charge on any atom is -0.381 e. The summed E-state index contributed by atoms with van der Waals surface area (Å²) < 4.78 is 5.47. The Morgan fingerprint density at radius 1 is 1.15 bits per heavy atom. The Hall–Kier alpha value is -2.74. The Balaban J connectivity index is 1.46. The standard InChI is InChI=1S/C18H22N6O2/c19-17(25)14-2-1-4-20-18(14)24-7-5-23(6-8-24)16-10-15(21-12-22-16)13-3-9-26-11-13/h1-2,4,10,12-13H,3,5-9,11H2,(H2,19,25). The number of nitrogens with zero attached hydrogens (tertiary/aromatic N) is 5. The average Bonchev–Trinajstić information content (AvgIpc) is 3.23. The summed E-state index contributed by atoms with van der Waals surface area (Å²) in [6, 6.07) is 5.52. The molecule has 4 heterocycles. The third-order valence-corrected chi connectivity index (χ3v) is 4.98. The first-order chi connectivity index (χ1) is 12.7. The Kier molecular flexibility index (Phi) is 4.66. The fourth-order valence-electron chi connectivity index (χ4n) is 3.51. The zero-order chi connectivity index (χ0) is 17.9. The molecule has 2 saturated heterocycles. The van der Waals surface area contributed by atoms with E-state index in [9.17, 15) is 4.79 Å². The predicted octanol–water partition coefficient (Wildman–Crippen LogP) is 0.801. The SMILES string of the molecule is NC(=O)c1cccnc1N1CCN(c2cc(C3CCOC3)ncn2)CC1. The van der Waals surface area contributed by atoms with Gasteiger partial charge in [0.05, 0.1) is 17.9 Å². The summed E-state index contributed by atoms with van der Waals surface area (Å²) >= 11 is 0. The number of rotatable bonds is 4. The molecular weight excluding hydrogens is 332 g/mol. The molecule has 2 aromatic heterocycles. The van der Waals surface area contributed by atoms with Crippen molar-refractivity contribution in [2.45, 2.75) is 12.3 Å². The van der Waals surface area contributed by atoms with Crippen LogP contribution in [-0.4, -0.2) is 60.3 Å². The maximum absolute atomic E-state index is 11.6. The zero-order valence-electron chi connectivity index (χ0n) is 14.5. The molecule has 4 rings (SSSR count). The van der Waals surface area contributed by atoms with E-state index in [-0.39, 0.29) is 0 Å². The molecule has 2 aliphatic rings. The summed E-state index contributed by atoms with van der Waals surface area (Å²) in [7, 11) is 0. The molecule has 26 heavy (non-hydrogen) atoms. The summed E-state index contributed by atoms with van der Waals surface area (Å²) in [4.78, 5) is 29.2. The molecule has 1 atom stereocenters. The van der Waals surface area contributed by atoms with Gasteiger partial charge in [-0.15, -0.1) is 0 Å². The van der Waals surface area contributed by atoms with E-state index in [1.54, 1.807) is 24.7 Å². The van der Waals surface area contributed by atoms with Crippen LogP contribution in [0, 0.1) is 0 Å². The monoisotopic (exact) mass is 354 g/mol. The summed E-state index contributed by atoms with van der Waals surface area (Å²) in [5.41, 5.74) is 6.99. The van der Waals surface area contributed by atoms with Crippen LogP contribution in [0.4, 0.5) is 11.6 Å². The van der Waals surface area contributed by atoms with E-state index in [0.29, 0.717) is 17.3 Å². The van der Waals surface area contributed by atoms with Gasteiger partial charge in [0.2, 0.25) is 0 Å². The molecule has 0 bridgehead atoms. The molecule has 0 spiro atoms. The number of primary amides is 1. The molecule has 136 valence electrons. The number of nitrogens with two attached hydrogens (primary N) is 1. The van der Waals surface area contributed by atoms with Crippen molar-refractivity contribution in [2.75, 3.05) is 49.2 Å². The van der Waals surface area contributed by atoms with Crippen molar-refractivity contribution in [3.05, 3.63) is 42.0 Å². The van der Waals surface area contributed by atoms with E-state index in [1.807, 2.05) is 0 Å². The topological polar surface area (TPSA) is 97.5 Å². The van der Waals surface area contributed by atoms with Crippen LogP contribution in [0.15, 0.2) is 30.7 Å². The first-order valence-electron chi connectivity index (χ1n) is 8.87. The maximum Gasteiger partial charge on any atom is 0.252 e. The van der Waals surface area contributed by atoms with Crippen molar-refractivity contribution in [2.24, 2.45) is 5.73 Å². The van der Waals surface area contributed by atoms with Crippen LogP contribution in [0.25, 0.3) is 0 Å². The van der Waals surface area contributed by atoms with Crippen LogP contribution in [0.5, 0.6) is 0 Å². The highest BCUT2D eigenvalue weighted by Crippen LogP contribution is 2.26. The number of carbonyl (C=O) groups is 1. The number of ether oxygens (including phenoxy) is 1. The van der Waals surface area contributed by atoms with E-state index in [0.717, 1.165) is 57.3 Å². The molecule has 2 aliphatic heterocycles. The van der Waals surface area contributed by atoms with Crippen LogP contribution in [-0.2, 0) is 4.74 Å². The molecular formula is C18H22N6O2. The Labute approximate surface area is 152 Å². The minimum absolute atomic E-state index is 0.365. The maximum atomic E-state index is 11.6. The molecule has 2 N–H and O–H groups in total. The molecule has 0 saturated carbocycles. The second-order valence-electron chi connectivity index (χ2n) is 6.57. The highest BCUT2D eigenvalue weighted by molar-refractivity contribution is 5.97. The van der Waals surface area contributed by atoms with Gasteiger partial charge in [0.15, 0.2) is 0 Å². The van der Waals surface area contributed by atoms with Gasteiger partial charge in [0.1, 0.15) is 18.0 Å². The molecule has 0 radical (unpaired) electrons. The van der Waals surface area contributed by atoms with Gasteiger partial charge in [-0.2, -0.15) is 0 Å². The van der Waals surface area contributed by atoms with Crippen LogP contribution in [0.1, 0.15) is 28.4 Å². The van der Waals surface area contributed by atoms with Gasteiger partial charge in [-0.25, -0.2) is 15.0 Å². The van der Waals surface area contributed by atoms with Crippen LogP contribution in [0.2, 0.25) is 0 Å².